The maximum absolute atomic E-state index is 10.9. The molecule has 0 spiro atoms. The predicted octanol–water partition coefficient (Wildman–Crippen LogP) is 3.51. The van der Waals surface area contributed by atoms with Crippen LogP contribution in [-0.4, -0.2) is 17.7 Å². The second-order valence-corrected chi connectivity index (χ2v) is 3.71. The standard InChI is InChI=1S/C13H18O3.H3N/c1-2-3-4-7-10-16-12-9-6-5-8-11(12)13(14)15;/h5-6,8-9H,2-4,7,10H2,1H3,(H,14,15);1H3. The van der Waals surface area contributed by atoms with E-state index in [0.29, 0.717) is 12.4 Å². The molecule has 0 bridgehead atoms. The van der Waals surface area contributed by atoms with E-state index in [1.165, 1.54) is 12.8 Å². The summed E-state index contributed by atoms with van der Waals surface area (Å²) in [6.07, 6.45) is 4.49. The van der Waals surface area contributed by atoms with Crippen LogP contribution >= 0.6 is 0 Å². The summed E-state index contributed by atoms with van der Waals surface area (Å²) in [5.41, 5.74) is 0.234. The van der Waals surface area contributed by atoms with Crippen molar-refractivity contribution < 1.29 is 14.6 Å². The highest BCUT2D eigenvalue weighted by Gasteiger charge is 2.09. The Kier molecular flexibility index (Phi) is 7.80. The van der Waals surface area contributed by atoms with Gasteiger partial charge in [0.1, 0.15) is 11.3 Å². The fourth-order valence-corrected chi connectivity index (χ4v) is 1.48. The smallest absolute Gasteiger partial charge is 0.339 e. The Labute approximate surface area is 102 Å². The van der Waals surface area contributed by atoms with Gasteiger partial charge >= 0.3 is 5.97 Å². The van der Waals surface area contributed by atoms with Crippen molar-refractivity contribution >= 4 is 5.97 Å². The van der Waals surface area contributed by atoms with Gasteiger partial charge in [0.15, 0.2) is 0 Å². The molecule has 1 aromatic carbocycles. The van der Waals surface area contributed by atoms with Crippen LogP contribution in [0.3, 0.4) is 0 Å². The van der Waals surface area contributed by atoms with Gasteiger partial charge in [0.05, 0.1) is 6.61 Å². The highest BCUT2D eigenvalue weighted by Crippen LogP contribution is 2.18. The number of hydrogen-bond donors (Lipinski definition) is 2. The van der Waals surface area contributed by atoms with Crippen molar-refractivity contribution in [3.8, 4) is 5.75 Å². The zero-order chi connectivity index (χ0) is 11.8. The second-order valence-electron chi connectivity index (χ2n) is 3.71. The van der Waals surface area contributed by atoms with Crippen LogP contribution in [0.25, 0.3) is 0 Å². The van der Waals surface area contributed by atoms with Crippen molar-refractivity contribution in [2.45, 2.75) is 32.6 Å². The van der Waals surface area contributed by atoms with Crippen LogP contribution in [-0.2, 0) is 0 Å². The molecule has 17 heavy (non-hydrogen) atoms. The molecular formula is C13H21NO3. The normalized spacial score (nSPS) is 9.47. The van der Waals surface area contributed by atoms with Crippen molar-refractivity contribution in [2.75, 3.05) is 6.61 Å². The Bertz CT molecular complexity index is 339. The minimum atomic E-state index is -0.941. The molecule has 0 radical (unpaired) electrons. The van der Waals surface area contributed by atoms with Crippen LogP contribution < -0.4 is 10.9 Å². The number of benzene rings is 1. The highest BCUT2D eigenvalue weighted by atomic mass is 16.5. The van der Waals surface area contributed by atoms with Crippen molar-refractivity contribution in [1.82, 2.24) is 6.15 Å². The average Bonchev–Trinajstić information content (AvgIpc) is 2.29. The van der Waals surface area contributed by atoms with E-state index in [1.807, 2.05) is 0 Å². The predicted molar refractivity (Wildman–Crippen MR) is 68.1 cm³/mol. The molecule has 96 valence electrons. The van der Waals surface area contributed by atoms with Gasteiger partial charge in [-0.05, 0) is 18.6 Å². The van der Waals surface area contributed by atoms with E-state index in [9.17, 15) is 4.79 Å². The molecule has 0 saturated carbocycles. The lowest BCUT2D eigenvalue weighted by Crippen LogP contribution is -2.04. The molecule has 4 nitrogen and oxygen atoms in total. The van der Waals surface area contributed by atoms with Gasteiger partial charge in [0.25, 0.3) is 0 Å². The number of ether oxygens (including phenoxy) is 1. The lowest BCUT2D eigenvalue weighted by molar-refractivity contribution is 0.0692. The summed E-state index contributed by atoms with van der Waals surface area (Å²) in [6, 6.07) is 6.74. The van der Waals surface area contributed by atoms with E-state index in [4.69, 9.17) is 9.84 Å². The molecule has 0 saturated heterocycles. The minimum absolute atomic E-state index is 0. The van der Waals surface area contributed by atoms with Gasteiger partial charge in [-0.25, -0.2) is 4.79 Å². The van der Waals surface area contributed by atoms with Gasteiger partial charge in [-0.2, -0.15) is 0 Å². The lowest BCUT2D eigenvalue weighted by atomic mass is 10.2. The zero-order valence-electron chi connectivity index (χ0n) is 10.3. The summed E-state index contributed by atoms with van der Waals surface area (Å²) in [7, 11) is 0. The van der Waals surface area contributed by atoms with Crippen molar-refractivity contribution in [1.29, 1.82) is 0 Å². The summed E-state index contributed by atoms with van der Waals surface area (Å²) >= 11 is 0. The van der Waals surface area contributed by atoms with Gasteiger partial charge in [-0.3, -0.25) is 0 Å². The Morgan fingerprint density at radius 3 is 2.59 bits per heavy atom. The highest BCUT2D eigenvalue weighted by molar-refractivity contribution is 5.90. The van der Waals surface area contributed by atoms with Crippen LogP contribution in [0.5, 0.6) is 5.75 Å². The number of aromatic carboxylic acids is 1. The summed E-state index contributed by atoms with van der Waals surface area (Å²) in [6.45, 7) is 2.74. The van der Waals surface area contributed by atoms with Crippen molar-refractivity contribution in [3.63, 3.8) is 0 Å². The number of carboxylic acids is 1. The van der Waals surface area contributed by atoms with Crippen molar-refractivity contribution in [2.24, 2.45) is 0 Å². The van der Waals surface area contributed by atoms with Crippen LogP contribution in [0.1, 0.15) is 43.0 Å². The third-order valence-electron chi connectivity index (χ3n) is 2.37. The molecule has 0 atom stereocenters. The van der Waals surface area contributed by atoms with Gasteiger partial charge < -0.3 is 16.0 Å². The van der Waals surface area contributed by atoms with Crippen LogP contribution in [0.4, 0.5) is 0 Å². The lowest BCUT2D eigenvalue weighted by Gasteiger charge is -2.08. The van der Waals surface area contributed by atoms with E-state index in [-0.39, 0.29) is 11.7 Å². The van der Waals surface area contributed by atoms with Gasteiger partial charge in [0.2, 0.25) is 0 Å². The summed E-state index contributed by atoms with van der Waals surface area (Å²) in [4.78, 5) is 10.9. The molecule has 0 fully saturated rings. The molecule has 0 aliphatic carbocycles. The Hall–Kier alpha value is -1.55. The molecule has 0 heterocycles. The Morgan fingerprint density at radius 2 is 1.94 bits per heavy atom. The maximum atomic E-state index is 10.9. The summed E-state index contributed by atoms with van der Waals surface area (Å²) in [5, 5.41) is 8.93. The number of unbranched alkanes of at least 4 members (excludes halogenated alkanes) is 3. The largest absolute Gasteiger partial charge is 0.493 e. The molecule has 1 rings (SSSR count). The number of para-hydroxylation sites is 1. The SMILES string of the molecule is CCCCCCOc1ccccc1C(=O)O.N. The molecule has 1 aromatic rings. The van der Waals surface area contributed by atoms with E-state index in [2.05, 4.69) is 6.92 Å². The molecular weight excluding hydrogens is 218 g/mol. The van der Waals surface area contributed by atoms with E-state index in [0.717, 1.165) is 12.8 Å². The fourth-order valence-electron chi connectivity index (χ4n) is 1.48. The minimum Gasteiger partial charge on any atom is -0.493 e. The molecule has 0 amide bonds. The monoisotopic (exact) mass is 239 g/mol. The van der Waals surface area contributed by atoms with E-state index >= 15 is 0 Å². The first-order valence-corrected chi connectivity index (χ1v) is 5.70. The Morgan fingerprint density at radius 1 is 1.24 bits per heavy atom. The number of hydrogen-bond acceptors (Lipinski definition) is 3. The number of rotatable bonds is 7. The van der Waals surface area contributed by atoms with Crippen LogP contribution in [0, 0.1) is 0 Å². The van der Waals surface area contributed by atoms with E-state index in [1.54, 1.807) is 24.3 Å². The third kappa shape index (κ3) is 5.36. The summed E-state index contributed by atoms with van der Waals surface area (Å²) in [5.74, 6) is -0.476. The third-order valence-corrected chi connectivity index (χ3v) is 2.37. The number of carbonyl (C=O) groups is 1. The van der Waals surface area contributed by atoms with Gasteiger partial charge in [-0.1, -0.05) is 38.3 Å². The molecule has 0 unspecified atom stereocenters. The molecule has 4 heteroatoms. The summed E-state index contributed by atoms with van der Waals surface area (Å²) < 4.78 is 5.46. The van der Waals surface area contributed by atoms with Crippen LogP contribution in [0.2, 0.25) is 0 Å². The van der Waals surface area contributed by atoms with Crippen LogP contribution in [0.15, 0.2) is 24.3 Å². The molecule has 0 aliphatic rings. The van der Waals surface area contributed by atoms with E-state index < -0.39 is 5.97 Å². The van der Waals surface area contributed by atoms with Gasteiger partial charge in [0, 0.05) is 0 Å². The van der Waals surface area contributed by atoms with Crippen molar-refractivity contribution in [3.05, 3.63) is 29.8 Å². The molecule has 0 aliphatic heterocycles. The average molecular weight is 239 g/mol. The zero-order valence-corrected chi connectivity index (χ0v) is 10.3. The fraction of sp³-hybridized carbons (Fsp3) is 0.462. The van der Waals surface area contributed by atoms with Gasteiger partial charge in [-0.15, -0.1) is 0 Å². The maximum Gasteiger partial charge on any atom is 0.339 e. The quantitative estimate of drug-likeness (QED) is 0.713. The second kappa shape index (κ2) is 8.58. The number of carboxylic acid groups (broad SMARTS) is 1. The Balaban J connectivity index is 0.00000256. The first-order chi connectivity index (χ1) is 7.75. The first kappa shape index (κ1) is 15.4. The molecule has 4 N–H and O–H groups in total. The topological polar surface area (TPSA) is 81.5 Å². The first-order valence-electron chi connectivity index (χ1n) is 5.70. The molecule has 0 aromatic heterocycles.